The molecule has 0 saturated carbocycles. The van der Waals surface area contributed by atoms with Crippen molar-refractivity contribution in [3.05, 3.63) is 49.5 Å². The summed E-state index contributed by atoms with van der Waals surface area (Å²) in [7, 11) is 1.75. The van der Waals surface area contributed by atoms with E-state index in [4.69, 9.17) is 0 Å². The molecule has 0 saturated heterocycles. The van der Waals surface area contributed by atoms with Crippen LogP contribution in [0.15, 0.2) is 28.6 Å². The van der Waals surface area contributed by atoms with E-state index >= 15 is 0 Å². The highest BCUT2D eigenvalue weighted by Crippen LogP contribution is 2.25. The van der Waals surface area contributed by atoms with E-state index in [-0.39, 0.29) is 18.0 Å². The van der Waals surface area contributed by atoms with Gasteiger partial charge in [-0.2, -0.15) is 0 Å². The Balaban J connectivity index is 1.83. The minimum absolute atomic E-state index is 0.0119. The van der Waals surface area contributed by atoms with Crippen LogP contribution in [0.4, 0.5) is 0 Å². The van der Waals surface area contributed by atoms with Gasteiger partial charge in [-0.3, -0.25) is 14.2 Å². The average Bonchev–Trinajstić information content (AvgIpc) is 3.11. The van der Waals surface area contributed by atoms with Crippen LogP contribution in [0.25, 0.3) is 10.2 Å². The highest BCUT2D eigenvalue weighted by molar-refractivity contribution is 7.18. The second-order valence-electron chi connectivity index (χ2n) is 5.47. The number of hydrogen-bond donors (Lipinski definition) is 0. The predicted molar refractivity (Wildman–Crippen MR) is 94.1 cm³/mol. The number of aromatic nitrogens is 2. The van der Waals surface area contributed by atoms with E-state index in [2.05, 4.69) is 4.98 Å². The molecule has 0 N–H and O–H groups in total. The third-order valence-electron chi connectivity index (χ3n) is 3.86. The standard InChI is InChI=1S/C16H17N3O2S2/c1-10-11(2)23-15-14(10)16(21)19(9-17-15)8-13(20)18(3)7-12-5-4-6-22-12/h4-6,9H,7-8H2,1-3H3. The lowest BCUT2D eigenvalue weighted by Crippen LogP contribution is -2.33. The summed E-state index contributed by atoms with van der Waals surface area (Å²) in [4.78, 5) is 33.9. The average molecular weight is 347 g/mol. The normalized spacial score (nSPS) is 11.1. The Morgan fingerprint density at radius 1 is 1.39 bits per heavy atom. The molecule has 3 aromatic heterocycles. The van der Waals surface area contributed by atoms with Gasteiger partial charge in [-0.05, 0) is 30.9 Å². The topological polar surface area (TPSA) is 55.2 Å². The van der Waals surface area contributed by atoms with Gasteiger partial charge in [0.2, 0.25) is 5.91 Å². The van der Waals surface area contributed by atoms with Gasteiger partial charge < -0.3 is 4.90 Å². The molecule has 1 amide bonds. The fourth-order valence-electron chi connectivity index (χ4n) is 2.37. The zero-order chi connectivity index (χ0) is 16.6. The summed E-state index contributed by atoms with van der Waals surface area (Å²) in [6.45, 7) is 4.47. The first kappa shape index (κ1) is 15.9. The molecule has 0 aliphatic heterocycles. The SMILES string of the molecule is Cc1sc2ncn(CC(=O)N(C)Cc3cccs3)c(=O)c2c1C. The molecule has 0 bridgehead atoms. The number of rotatable bonds is 4. The highest BCUT2D eigenvalue weighted by Gasteiger charge is 2.15. The molecule has 0 spiro atoms. The molecular weight excluding hydrogens is 330 g/mol. The van der Waals surface area contributed by atoms with Crippen molar-refractivity contribution in [3.8, 4) is 0 Å². The summed E-state index contributed by atoms with van der Waals surface area (Å²) in [6.07, 6.45) is 1.47. The Hall–Kier alpha value is -1.99. The summed E-state index contributed by atoms with van der Waals surface area (Å²) in [6, 6.07) is 3.95. The molecule has 0 aliphatic rings. The van der Waals surface area contributed by atoms with Gasteiger partial charge in [0.1, 0.15) is 11.4 Å². The third-order valence-corrected chi connectivity index (χ3v) is 5.84. The lowest BCUT2D eigenvalue weighted by molar-refractivity contribution is -0.131. The van der Waals surface area contributed by atoms with Crippen LogP contribution in [0.3, 0.4) is 0 Å². The number of amides is 1. The number of aryl methyl sites for hydroxylation is 2. The van der Waals surface area contributed by atoms with Crippen molar-refractivity contribution in [2.75, 3.05) is 7.05 Å². The van der Waals surface area contributed by atoms with E-state index in [1.54, 1.807) is 23.3 Å². The molecule has 23 heavy (non-hydrogen) atoms. The monoisotopic (exact) mass is 347 g/mol. The Bertz CT molecular complexity index is 909. The van der Waals surface area contributed by atoms with Crippen LogP contribution < -0.4 is 5.56 Å². The van der Waals surface area contributed by atoms with Gasteiger partial charge >= 0.3 is 0 Å². The predicted octanol–water partition coefficient (Wildman–Crippen LogP) is 2.79. The van der Waals surface area contributed by atoms with Crippen LogP contribution >= 0.6 is 22.7 Å². The molecule has 0 aliphatic carbocycles. The van der Waals surface area contributed by atoms with Crippen molar-refractivity contribution >= 4 is 38.8 Å². The number of carbonyl (C=O) groups is 1. The Kier molecular flexibility index (Phi) is 4.32. The second kappa shape index (κ2) is 6.25. The number of likely N-dealkylation sites (N-methyl/N-ethyl adjacent to an activating group) is 1. The molecule has 0 aromatic carbocycles. The molecule has 5 nitrogen and oxygen atoms in total. The van der Waals surface area contributed by atoms with Crippen LogP contribution in [0.2, 0.25) is 0 Å². The molecule has 120 valence electrons. The summed E-state index contributed by atoms with van der Waals surface area (Å²) in [5, 5.41) is 2.61. The largest absolute Gasteiger partial charge is 0.339 e. The highest BCUT2D eigenvalue weighted by atomic mass is 32.1. The van der Waals surface area contributed by atoms with Crippen molar-refractivity contribution in [1.29, 1.82) is 0 Å². The lowest BCUT2D eigenvalue weighted by atomic mass is 10.2. The summed E-state index contributed by atoms with van der Waals surface area (Å²) < 4.78 is 1.40. The van der Waals surface area contributed by atoms with Gasteiger partial charge in [0, 0.05) is 16.8 Å². The number of fused-ring (bicyclic) bond motifs is 1. The van der Waals surface area contributed by atoms with Crippen LogP contribution in [0.5, 0.6) is 0 Å². The fourth-order valence-corrected chi connectivity index (χ4v) is 4.12. The van der Waals surface area contributed by atoms with E-state index in [0.29, 0.717) is 11.9 Å². The summed E-state index contributed by atoms with van der Waals surface area (Å²) in [5.41, 5.74) is 0.811. The van der Waals surface area contributed by atoms with Crippen molar-refractivity contribution in [1.82, 2.24) is 14.5 Å². The van der Waals surface area contributed by atoms with Crippen LogP contribution in [0, 0.1) is 13.8 Å². The molecule has 3 aromatic rings. The fraction of sp³-hybridized carbons (Fsp3) is 0.312. The molecule has 3 heterocycles. The first-order valence-electron chi connectivity index (χ1n) is 7.19. The van der Waals surface area contributed by atoms with Crippen molar-refractivity contribution in [2.45, 2.75) is 26.9 Å². The number of nitrogens with zero attached hydrogens (tertiary/aromatic N) is 3. The molecule has 7 heteroatoms. The smallest absolute Gasteiger partial charge is 0.262 e. The second-order valence-corrected chi connectivity index (χ2v) is 7.71. The van der Waals surface area contributed by atoms with Crippen molar-refractivity contribution in [2.24, 2.45) is 0 Å². The summed E-state index contributed by atoms with van der Waals surface area (Å²) >= 11 is 3.12. The lowest BCUT2D eigenvalue weighted by Gasteiger charge is -2.16. The maximum atomic E-state index is 12.6. The van der Waals surface area contributed by atoms with E-state index in [1.165, 1.54) is 22.2 Å². The van der Waals surface area contributed by atoms with Gasteiger partial charge in [-0.15, -0.1) is 22.7 Å². The van der Waals surface area contributed by atoms with E-state index in [9.17, 15) is 9.59 Å². The minimum Gasteiger partial charge on any atom is -0.339 e. The Morgan fingerprint density at radius 2 is 2.17 bits per heavy atom. The van der Waals surface area contributed by atoms with Gasteiger partial charge in [0.15, 0.2) is 0 Å². The van der Waals surface area contributed by atoms with Gasteiger partial charge in [-0.1, -0.05) is 6.07 Å². The number of thiophene rings is 2. The molecule has 0 radical (unpaired) electrons. The zero-order valence-electron chi connectivity index (χ0n) is 13.2. The van der Waals surface area contributed by atoms with E-state index < -0.39 is 0 Å². The van der Waals surface area contributed by atoms with Crippen LogP contribution in [0.1, 0.15) is 15.3 Å². The van der Waals surface area contributed by atoms with Crippen molar-refractivity contribution in [3.63, 3.8) is 0 Å². The molecule has 0 unspecified atom stereocenters. The first-order chi connectivity index (χ1) is 11.0. The Morgan fingerprint density at radius 3 is 2.87 bits per heavy atom. The van der Waals surface area contributed by atoms with Gasteiger partial charge in [-0.25, -0.2) is 4.98 Å². The molecular formula is C16H17N3O2S2. The maximum Gasteiger partial charge on any atom is 0.262 e. The number of hydrogen-bond acceptors (Lipinski definition) is 5. The Labute approximate surface area is 141 Å². The van der Waals surface area contributed by atoms with E-state index in [0.717, 1.165) is 20.1 Å². The third kappa shape index (κ3) is 3.07. The molecule has 0 atom stereocenters. The van der Waals surface area contributed by atoms with Crippen molar-refractivity contribution < 1.29 is 4.79 Å². The molecule has 0 fully saturated rings. The molecule has 3 rings (SSSR count). The number of carbonyl (C=O) groups excluding carboxylic acids is 1. The van der Waals surface area contributed by atoms with Crippen LogP contribution in [-0.2, 0) is 17.9 Å². The quantitative estimate of drug-likeness (QED) is 0.729. The minimum atomic E-state index is -0.144. The van der Waals surface area contributed by atoms with Gasteiger partial charge in [0.25, 0.3) is 5.56 Å². The van der Waals surface area contributed by atoms with E-state index in [1.807, 2.05) is 31.4 Å². The summed E-state index contributed by atoms with van der Waals surface area (Å²) in [5.74, 6) is -0.105. The van der Waals surface area contributed by atoms with Gasteiger partial charge in [0.05, 0.1) is 18.3 Å². The maximum absolute atomic E-state index is 12.6. The first-order valence-corrected chi connectivity index (χ1v) is 8.88. The van der Waals surface area contributed by atoms with Crippen LogP contribution in [-0.4, -0.2) is 27.4 Å². The zero-order valence-corrected chi connectivity index (χ0v) is 14.8.